The molecule has 0 aliphatic heterocycles. The monoisotopic (exact) mass is 398 g/mol. The molecule has 3 aromatic carbocycles. The largest absolute Gasteiger partial charge is 0.482 e. The van der Waals surface area contributed by atoms with Gasteiger partial charge in [-0.05, 0) is 30.7 Å². The van der Waals surface area contributed by atoms with Crippen molar-refractivity contribution in [2.45, 2.75) is 13.5 Å². The van der Waals surface area contributed by atoms with Gasteiger partial charge in [-0.15, -0.1) is 0 Å². The molecule has 150 valence electrons. The fraction of sp³-hybridized carbons (Fsp3) is 0.120. The van der Waals surface area contributed by atoms with Crippen LogP contribution in [0.3, 0.4) is 0 Å². The van der Waals surface area contributed by atoms with E-state index in [1.165, 1.54) is 0 Å². The molecule has 0 spiro atoms. The van der Waals surface area contributed by atoms with E-state index >= 15 is 0 Å². The summed E-state index contributed by atoms with van der Waals surface area (Å²) in [6.45, 7) is 1.91. The maximum Gasteiger partial charge on any atom is 0.344 e. The SMILES string of the molecule is Cc1ccccc1OCC(=O)OCc1cn(-c2ccccc2)nc1-c1ccccc1. The van der Waals surface area contributed by atoms with Gasteiger partial charge in [-0.2, -0.15) is 5.10 Å². The third-order valence-electron chi connectivity index (χ3n) is 4.69. The van der Waals surface area contributed by atoms with Crippen molar-refractivity contribution in [2.24, 2.45) is 0 Å². The van der Waals surface area contributed by atoms with E-state index in [9.17, 15) is 4.79 Å². The number of nitrogens with zero attached hydrogens (tertiary/aromatic N) is 2. The standard InChI is InChI=1S/C25H22N2O3/c1-19-10-8-9-15-23(19)29-18-24(28)30-17-21-16-27(22-13-6-3-7-14-22)26-25(21)20-11-4-2-5-12-20/h2-16H,17-18H2,1H3. The minimum atomic E-state index is -0.426. The van der Waals surface area contributed by atoms with Crippen LogP contribution in [0, 0.1) is 6.92 Å². The van der Waals surface area contributed by atoms with Crippen molar-refractivity contribution in [1.82, 2.24) is 9.78 Å². The highest BCUT2D eigenvalue weighted by Gasteiger charge is 2.15. The number of aryl methyl sites for hydroxylation is 1. The molecule has 0 aliphatic carbocycles. The van der Waals surface area contributed by atoms with Crippen LogP contribution in [0.2, 0.25) is 0 Å². The quantitative estimate of drug-likeness (QED) is 0.413. The number of aromatic nitrogens is 2. The number of ether oxygens (including phenoxy) is 2. The van der Waals surface area contributed by atoms with Crippen LogP contribution in [0.1, 0.15) is 11.1 Å². The molecule has 0 fully saturated rings. The van der Waals surface area contributed by atoms with E-state index in [4.69, 9.17) is 14.6 Å². The van der Waals surface area contributed by atoms with Crippen LogP contribution in [0.15, 0.2) is 91.1 Å². The van der Waals surface area contributed by atoms with Gasteiger partial charge in [0.15, 0.2) is 6.61 Å². The van der Waals surface area contributed by atoms with Crippen LogP contribution in [-0.4, -0.2) is 22.4 Å². The molecule has 0 aliphatic rings. The zero-order chi connectivity index (χ0) is 20.8. The third kappa shape index (κ3) is 4.58. The summed E-state index contributed by atoms with van der Waals surface area (Å²) in [6, 6.07) is 27.3. The number of para-hydroxylation sites is 2. The lowest BCUT2D eigenvalue weighted by Gasteiger charge is -2.09. The van der Waals surface area contributed by atoms with Gasteiger partial charge in [0.2, 0.25) is 0 Å². The summed E-state index contributed by atoms with van der Waals surface area (Å²) in [5.74, 6) is 0.251. The smallest absolute Gasteiger partial charge is 0.344 e. The molecule has 0 radical (unpaired) electrons. The van der Waals surface area contributed by atoms with Gasteiger partial charge >= 0.3 is 5.97 Å². The van der Waals surface area contributed by atoms with Crippen molar-refractivity contribution >= 4 is 5.97 Å². The highest BCUT2D eigenvalue weighted by molar-refractivity contribution is 5.71. The second-order valence-corrected chi connectivity index (χ2v) is 6.86. The van der Waals surface area contributed by atoms with Crippen LogP contribution in [-0.2, 0) is 16.1 Å². The van der Waals surface area contributed by atoms with E-state index < -0.39 is 5.97 Å². The van der Waals surface area contributed by atoms with E-state index in [1.807, 2.05) is 98.0 Å². The number of hydrogen-bond donors (Lipinski definition) is 0. The molecule has 1 aromatic heterocycles. The zero-order valence-corrected chi connectivity index (χ0v) is 16.7. The number of carbonyl (C=O) groups is 1. The minimum Gasteiger partial charge on any atom is -0.482 e. The number of esters is 1. The van der Waals surface area contributed by atoms with E-state index in [0.29, 0.717) is 5.75 Å². The fourth-order valence-corrected chi connectivity index (χ4v) is 3.12. The van der Waals surface area contributed by atoms with Crippen molar-refractivity contribution in [3.05, 3.63) is 102 Å². The predicted molar refractivity (Wildman–Crippen MR) is 115 cm³/mol. The lowest BCUT2D eigenvalue weighted by molar-refractivity contribution is -0.147. The van der Waals surface area contributed by atoms with Crippen LogP contribution in [0.25, 0.3) is 16.9 Å². The Kier molecular flexibility index (Phi) is 5.90. The molecule has 0 bridgehead atoms. The summed E-state index contributed by atoms with van der Waals surface area (Å²) in [7, 11) is 0. The number of hydrogen-bond acceptors (Lipinski definition) is 4. The van der Waals surface area contributed by atoms with E-state index in [1.54, 1.807) is 4.68 Å². The van der Waals surface area contributed by atoms with Crippen molar-refractivity contribution in [1.29, 1.82) is 0 Å². The van der Waals surface area contributed by atoms with Gasteiger partial charge in [-0.1, -0.05) is 66.7 Å². The number of rotatable bonds is 7. The molecule has 4 aromatic rings. The maximum absolute atomic E-state index is 12.3. The summed E-state index contributed by atoms with van der Waals surface area (Å²) in [4.78, 5) is 12.3. The first-order valence-corrected chi connectivity index (χ1v) is 9.74. The molecule has 0 N–H and O–H groups in total. The Morgan fingerprint density at radius 3 is 2.30 bits per heavy atom. The van der Waals surface area contributed by atoms with Crippen molar-refractivity contribution < 1.29 is 14.3 Å². The lowest BCUT2D eigenvalue weighted by Crippen LogP contribution is -2.15. The number of benzene rings is 3. The van der Waals surface area contributed by atoms with Gasteiger partial charge in [0, 0.05) is 17.3 Å². The summed E-state index contributed by atoms with van der Waals surface area (Å²) in [6.07, 6.45) is 1.90. The Bertz CT molecular complexity index is 1120. The van der Waals surface area contributed by atoms with Crippen molar-refractivity contribution in [3.8, 4) is 22.7 Å². The average molecular weight is 398 g/mol. The molecule has 1 heterocycles. The van der Waals surface area contributed by atoms with Gasteiger partial charge in [0.1, 0.15) is 12.4 Å². The predicted octanol–water partition coefficient (Wildman–Crippen LogP) is 4.97. The minimum absolute atomic E-state index is 0.118. The highest BCUT2D eigenvalue weighted by atomic mass is 16.6. The molecule has 0 saturated heterocycles. The van der Waals surface area contributed by atoms with Gasteiger partial charge in [-0.25, -0.2) is 9.48 Å². The Hall–Kier alpha value is -3.86. The van der Waals surface area contributed by atoms with Crippen molar-refractivity contribution in [2.75, 3.05) is 6.61 Å². The second kappa shape index (κ2) is 9.09. The molecule has 0 atom stereocenters. The molecule has 5 heteroatoms. The van der Waals surface area contributed by atoms with Crippen LogP contribution in [0.4, 0.5) is 0 Å². The van der Waals surface area contributed by atoms with E-state index in [0.717, 1.165) is 28.1 Å². The topological polar surface area (TPSA) is 53.4 Å². The molecule has 0 amide bonds. The Morgan fingerprint density at radius 1 is 0.900 bits per heavy atom. The molecule has 30 heavy (non-hydrogen) atoms. The first kappa shape index (κ1) is 19.5. The molecular formula is C25H22N2O3. The van der Waals surface area contributed by atoms with Crippen molar-refractivity contribution in [3.63, 3.8) is 0 Å². The van der Waals surface area contributed by atoms with Gasteiger partial charge < -0.3 is 9.47 Å². The maximum atomic E-state index is 12.3. The van der Waals surface area contributed by atoms with Gasteiger partial charge in [-0.3, -0.25) is 0 Å². The normalized spacial score (nSPS) is 10.6. The molecular weight excluding hydrogens is 376 g/mol. The molecule has 0 saturated carbocycles. The molecule has 0 unspecified atom stereocenters. The summed E-state index contributed by atoms with van der Waals surface area (Å²) in [5.41, 5.74) is 4.49. The third-order valence-corrected chi connectivity index (χ3v) is 4.69. The van der Waals surface area contributed by atoms with E-state index in [-0.39, 0.29) is 13.2 Å². The first-order valence-electron chi connectivity index (χ1n) is 9.74. The summed E-state index contributed by atoms with van der Waals surface area (Å²) >= 11 is 0. The molecule has 4 rings (SSSR count). The van der Waals surface area contributed by atoms with Gasteiger partial charge in [0.25, 0.3) is 0 Å². The Labute approximate surface area is 175 Å². The molecule has 5 nitrogen and oxygen atoms in total. The summed E-state index contributed by atoms with van der Waals surface area (Å²) < 4.78 is 12.9. The second-order valence-electron chi connectivity index (χ2n) is 6.86. The van der Waals surface area contributed by atoms with Crippen LogP contribution in [0.5, 0.6) is 5.75 Å². The fourth-order valence-electron chi connectivity index (χ4n) is 3.12. The first-order chi connectivity index (χ1) is 14.7. The highest BCUT2D eigenvalue weighted by Crippen LogP contribution is 2.24. The summed E-state index contributed by atoms with van der Waals surface area (Å²) in [5, 5.41) is 4.73. The Morgan fingerprint density at radius 2 is 1.57 bits per heavy atom. The van der Waals surface area contributed by atoms with E-state index in [2.05, 4.69) is 0 Å². The average Bonchev–Trinajstić information content (AvgIpc) is 3.23. The lowest BCUT2D eigenvalue weighted by atomic mass is 10.1. The van der Waals surface area contributed by atoms with Gasteiger partial charge in [0.05, 0.1) is 11.4 Å². The van der Waals surface area contributed by atoms with Crippen LogP contribution < -0.4 is 4.74 Å². The van der Waals surface area contributed by atoms with Crippen LogP contribution >= 0.6 is 0 Å². The zero-order valence-electron chi connectivity index (χ0n) is 16.7. The Balaban J connectivity index is 1.49. The number of carbonyl (C=O) groups excluding carboxylic acids is 1.